The molecule has 92 valence electrons. The topological polar surface area (TPSA) is 52.0 Å². The standard InChI is InChI=1S/C10H11ClN2O2S2/c1-3-9-12-7(2)6-13(9)17(14,15)10-5-4-8(11)16-10/h4-6H,3H2,1-2H3. The average Bonchev–Trinajstić information content (AvgIpc) is 2.84. The van der Waals surface area contributed by atoms with Crippen molar-refractivity contribution in [1.29, 1.82) is 0 Å². The lowest BCUT2D eigenvalue weighted by Gasteiger charge is -2.05. The maximum Gasteiger partial charge on any atom is 0.278 e. The van der Waals surface area contributed by atoms with Gasteiger partial charge in [0.15, 0.2) is 0 Å². The van der Waals surface area contributed by atoms with Crippen LogP contribution in [-0.2, 0) is 16.4 Å². The molecule has 0 amide bonds. The van der Waals surface area contributed by atoms with E-state index in [1.807, 2.05) is 6.92 Å². The monoisotopic (exact) mass is 290 g/mol. The molecule has 0 N–H and O–H groups in total. The zero-order valence-corrected chi connectivity index (χ0v) is 11.7. The summed E-state index contributed by atoms with van der Waals surface area (Å²) in [4.78, 5) is 4.18. The smallest absolute Gasteiger partial charge is 0.238 e. The van der Waals surface area contributed by atoms with Crippen molar-refractivity contribution >= 4 is 33.0 Å². The summed E-state index contributed by atoms with van der Waals surface area (Å²) in [5.41, 5.74) is 0.688. The lowest BCUT2D eigenvalue weighted by atomic mass is 10.5. The van der Waals surface area contributed by atoms with Crippen LogP contribution in [0, 0.1) is 6.92 Å². The Balaban J connectivity index is 2.59. The molecule has 0 spiro atoms. The summed E-state index contributed by atoms with van der Waals surface area (Å²) in [5, 5.41) is 0. The zero-order valence-electron chi connectivity index (χ0n) is 9.34. The fourth-order valence-corrected chi connectivity index (χ4v) is 4.52. The summed E-state index contributed by atoms with van der Waals surface area (Å²) in [6.07, 6.45) is 2.09. The van der Waals surface area contributed by atoms with E-state index >= 15 is 0 Å². The van der Waals surface area contributed by atoms with Crippen LogP contribution in [0.1, 0.15) is 18.4 Å². The van der Waals surface area contributed by atoms with Gasteiger partial charge >= 0.3 is 0 Å². The number of hydrogen-bond donors (Lipinski definition) is 0. The third kappa shape index (κ3) is 2.25. The summed E-state index contributed by atoms with van der Waals surface area (Å²) >= 11 is 6.81. The van der Waals surface area contributed by atoms with Crippen LogP contribution in [0.5, 0.6) is 0 Å². The lowest BCUT2D eigenvalue weighted by Crippen LogP contribution is -2.13. The fraction of sp³-hybridized carbons (Fsp3) is 0.300. The van der Waals surface area contributed by atoms with Gasteiger partial charge in [-0.1, -0.05) is 18.5 Å². The molecule has 0 aliphatic carbocycles. The number of imidazole rings is 1. The van der Waals surface area contributed by atoms with Gasteiger partial charge in [0, 0.05) is 12.6 Å². The number of hydrogen-bond acceptors (Lipinski definition) is 4. The van der Waals surface area contributed by atoms with E-state index in [9.17, 15) is 8.42 Å². The van der Waals surface area contributed by atoms with Gasteiger partial charge in [-0.15, -0.1) is 11.3 Å². The summed E-state index contributed by atoms with van der Waals surface area (Å²) < 4.78 is 26.5. The first-order valence-electron chi connectivity index (χ1n) is 5.01. The van der Waals surface area contributed by atoms with E-state index in [1.165, 1.54) is 16.2 Å². The molecule has 2 aromatic rings. The maximum absolute atomic E-state index is 12.3. The minimum atomic E-state index is -3.55. The Morgan fingerprint density at radius 1 is 1.47 bits per heavy atom. The van der Waals surface area contributed by atoms with E-state index in [-0.39, 0.29) is 4.21 Å². The Morgan fingerprint density at radius 2 is 2.18 bits per heavy atom. The largest absolute Gasteiger partial charge is 0.278 e. The molecule has 0 unspecified atom stereocenters. The minimum absolute atomic E-state index is 0.231. The van der Waals surface area contributed by atoms with E-state index in [0.717, 1.165) is 11.3 Å². The van der Waals surface area contributed by atoms with E-state index in [4.69, 9.17) is 11.6 Å². The Hall–Kier alpha value is -0.850. The quantitative estimate of drug-likeness (QED) is 0.873. The Bertz CT molecular complexity index is 643. The first kappa shape index (κ1) is 12.6. The highest BCUT2D eigenvalue weighted by Gasteiger charge is 2.22. The minimum Gasteiger partial charge on any atom is -0.238 e. The molecule has 0 fully saturated rings. The molecule has 0 saturated heterocycles. The molecule has 0 aliphatic rings. The SMILES string of the molecule is CCc1nc(C)cn1S(=O)(=O)c1ccc(Cl)s1. The van der Waals surface area contributed by atoms with Crippen molar-refractivity contribution in [2.75, 3.05) is 0 Å². The second-order valence-electron chi connectivity index (χ2n) is 3.51. The van der Waals surface area contributed by atoms with Gasteiger partial charge in [0.2, 0.25) is 0 Å². The third-order valence-corrected chi connectivity index (χ3v) is 5.63. The number of aromatic nitrogens is 2. The second-order valence-corrected chi connectivity index (χ2v) is 7.27. The predicted molar refractivity (Wildman–Crippen MR) is 68.3 cm³/mol. The van der Waals surface area contributed by atoms with Crippen molar-refractivity contribution in [3.63, 3.8) is 0 Å². The molecule has 0 aliphatic heterocycles. The van der Waals surface area contributed by atoms with Crippen molar-refractivity contribution in [2.24, 2.45) is 0 Å². The molecule has 0 saturated carbocycles. The van der Waals surface area contributed by atoms with Gasteiger partial charge < -0.3 is 0 Å². The number of aryl methyl sites for hydroxylation is 2. The highest BCUT2D eigenvalue weighted by molar-refractivity contribution is 7.92. The van der Waals surface area contributed by atoms with Gasteiger partial charge in [0.05, 0.1) is 10.0 Å². The summed E-state index contributed by atoms with van der Waals surface area (Å²) in [6, 6.07) is 3.09. The molecule has 0 atom stereocenters. The first-order chi connectivity index (χ1) is 7.95. The molecule has 4 nitrogen and oxygen atoms in total. The van der Waals surface area contributed by atoms with Gasteiger partial charge in [0.1, 0.15) is 10.0 Å². The van der Waals surface area contributed by atoms with E-state index in [2.05, 4.69) is 4.98 Å². The highest BCUT2D eigenvalue weighted by atomic mass is 35.5. The van der Waals surface area contributed by atoms with Crippen LogP contribution in [0.3, 0.4) is 0 Å². The molecule has 17 heavy (non-hydrogen) atoms. The van der Waals surface area contributed by atoms with Gasteiger partial charge in [-0.3, -0.25) is 0 Å². The summed E-state index contributed by atoms with van der Waals surface area (Å²) in [5.74, 6) is 0.534. The first-order valence-corrected chi connectivity index (χ1v) is 7.64. The van der Waals surface area contributed by atoms with Crippen LogP contribution in [0.25, 0.3) is 0 Å². The molecule has 2 rings (SSSR count). The Kier molecular flexibility index (Phi) is 3.29. The lowest BCUT2D eigenvalue weighted by molar-refractivity contribution is 0.586. The normalized spacial score (nSPS) is 11.9. The van der Waals surface area contributed by atoms with Crippen molar-refractivity contribution in [2.45, 2.75) is 24.5 Å². The third-order valence-electron chi connectivity index (χ3n) is 2.24. The second kappa shape index (κ2) is 4.44. The molecule has 2 heterocycles. The van der Waals surface area contributed by atoms with Crippen LogP contribution in [-0.4, -0.2) is 17.4 Å². The Morgan fingerprint density at radius 3 is 2.71 bits per heavy atom. The van der Waals surface area contributed by atoms with E-state index < -0.39 is 10.0 Å². The van der Waals surface area contributed by atoms with Crippen LogP contribution in [0.4, 0.5) is 0 Å². The molecular formula is C10H11ClN2O2S2. The Labute approximate surface area is 109 Å². The fourth-order valence-electron chi connectivity index (χ4n) is 1.50. The van der Waals surface area contributed by atoms with Gasteiger partial charge in [0.25, 0.3) is 10.0 Å². The van der Waals surface area contributed by atoms with Crippen LogP contribution < -0.4 is 0 Å². The van der Waals surface area contributed by atoms with E-state index in [1.54, 1.807) is 13.0 Å². The van der Waals surface area contributed by atoms with Crippen LogP contribution in [0.15, 0.2) is 22.5 Å². The maximum atomic E-state index is 12.3. The average molecular weight is 291 g/mol. The van der Waals surface area contributed by atoms with E-state index in [0.29, 0.717) is 22.3 Å². The zero-order chi connectivity index (χ0) is 12.6. The molecule has 0 aromatic carbocycles. The van der Waals surface area contributed by atoms with Crippen LogP contribution in [0.2, 0.25) is 4.34 Å². The summed E-state index contributed by atoms with van der Waals surface area (Å²) in [6.45, 7) is 3.64. The van der Waals surface area contributed by atoms with Gasteiger partial charge in [-0.25, -0.2) is 8.96 Å². The van der Waals surface area contributed by atoms with Crippen molar-refractivity contribution < 1.29 is 8.42 Å². The number of nitrogens with zero attached hydrogens (tertiary/aromatic N) is 2. The van der Waals surface area contributed by atoms with Crippen LogP contribution >= 0.6 is 22.9 Å². The van der Waals surface area contributed by atoms with Gasteiger partial charge in [-0.2, -0.15) is 8.42 Å². The molecular weight excluding hydrogens is 280 g/mol. The van der Waals surface area contributed by atoms with Gasteiger partial charge in [-0.05, 0) is 19.1 Å². The molecule has 2 aromatic heterocycles. The molecule has 0 bridgehead atoms. The molecule has 7 heteroatoms. The number of rotatable bonds is 3. The predicted octanol–water partition coefficient (Wildman–Crippen LogP) is 2.71. The number of halogens is 1. The number of thiophene rings is 1. The molecule has 0 radical (unpaired) electrons. The summed E-state index contributed by atoms with van der Waals surface area (Å²) in [7, 11) is -3.55. The van der Waals surface area contributed by atoms with Crippen molar-refractivity contribution in [1.82, 2.24) is 8.96 Å². The van der Waals surface area contributed by atoms with Crippen molar-refractivity contribution in [3.05, 3.63) is 34.2 Å². The highest BCUT2D eigenvalue weighted by Crippen LogP contribution is 2.28. The van der Waals surface area contributed by atoms with Crippen molar-refractivity contribution in [3.8, 4) is 0 Å².